The van der Waals surface area contributed by atoms with Crippen LogP contribution in [0.5, 0.6) is 0 Å². The third-order valence-corrected chi connectivity index (χ3v) is 6.19. The maximum Gasteiger partial charge on any atom is 0.283 e. The SMILES string of the molecule is Cc1ccc([N+](=O)[O-])cc1-c1ccc(/C=C2/C(=N)N3C(c4ccc(F)cc4)=CSC3=NC2=O)o1. The fraction of sp³-hybridized carbons (Fsp3) is 0.0417. The van der Waals surface area contributed by atoms with Crippen LogP contribution in [-0.2, 0) is 4.79 Å². The number of aryl methyl sites for hydroxylation is 1. The average Bonchev–Trinajstić information content (AvgIpc) is 3.44. The van der Waals surface area contributed by atoms with Crippen LogP contribution in [0.3, 0.4) is 0 Å². The van der Waals surface area contributed by atoms with Gasteiger partial charge in [-0.05, 0) is 60.5 Å². The van der Waals surface area contributed by atoms with Gasteiger partial charge in [-0.3, -0.25) is 25.2 Å². The number of benzene rings is 2. The van der Waals surface area contributed by atoms with E-state index < -0.39 is 10.8 Å². The average molecular weight is 474 g/mol. The molecule has 3 heterocycles. The Hall–Kier alpha value is -4.31. The summed E-state index contributed by atoms with van der Waals surface area (Å²) in [6.07, 6.45) is 1.42. The minimum absolute atomic E-state index is 0.0240. The molecular formula is C24H15FN4O4S. The number of nitrogens with zero attached hydrogens (tertiary/aromatic N) is 3. The largest absolute Gasteiger partial charge is 0.457 e. The number of nitrogens with one attached hydrogen (secondary N) is 1. The Morgan fingerprint density at radius 3 is 2.68 bits per heavy atom. The molecule has 3 aromatic rings. The molecule has 1 N–H and O–H groups in total. The molecule has 0 fully saturated rings. The molecule has 2 aromatic carbocycles. The standard InChI is InChI=1S/C24H15FN4O4S/c1-13-2-7-16(29(31)32)10-18(13)21-9-8-17(33-21)11-19-22(26)28-20(12-34-24(28)27-23(19)30)14-3-5-15(25)6-4-14/h2-12,26H,1H3/b19-11-,26-22?. The van der Waals surface area contributed by atoms with Crippen molar-refractivity contribution < 1.29 is 18.5 Å². The minimum Gasteiger partial charge on any atom is -0.457 e. The number of halogens is 1. The first-order valence-electron chi connectivity index (χ1n) is 10.0. The zero-order chi connectivity index (χ0) is 24.0. The van der Waals surface area contributed by atoms with E-state index in [1.165, 1.54) is 47.0 Å². The Morgan fingerprint density at radius 2 is 1.94 bits per heavy atom. The number of rotatable bonds is 4. The fourth-order valence-electron chi connectivity index (χ4n) is 3.63. The van der Waals surface area contributed by atoms with Crippen molar-refractivity contribution in [2.24, 2.45) is 4.99 Å². The summed E-state index contributed by atoms with van der Waals surface area (Å²) >= 11 is 1.21. The molecule has 34 heavy (non-hydrogen) atoms. The van der Waals surface area contributed by atoms with Crippen LogP contribution < -0.4 is 0 Å². The zero-order valence-electron chi connectivity index (χ0n) is 17.6. The van der Waals surface area contributed by atoms with Gasteiger partial charge in [0.15, 0.2) is 5.17 Å². The molecule has 2 aliphatic rings. The Labute approximate surface area is 196 Å². The van der Waals surface area contributed by atoms with Crippen LogP contribution in [0.25, 0.3) is 23.1 Å². The number of thioether (sulfide) groups is 1. The molecule has 8 nitrogen and oxygen atoms in total. The smallest absolute Gasteiger partial charge is 0.283 e. The maximum atomic E-state index is 13.3. The van der Waals surface area contributed by atoms with Crippen LogP contribution in [-0.4, -0.2) is 26.7 Å². The predicted octanol–water partition coefficient (Wildman–Crippen LogP) is 5.61. The highest BCUT2D eigenvalue weighted by atomic mass is 32.2. The van der Waals surface area contributed by atoms with Gasteiger partial charge in [0.2, 0.25) is 0 Å². The third-order valence-electron chi connectivity index (χ3n) is 5.37. The summed E-state index contributed by atoms with van der Waals surface area (Å²) in [5.41, 5.74) is 2.60. The molecule has 0 spiro atoms. The number of carbonyl (C=O) groups is 1. The van der Waals surface area contributed by atoms with E-state index in [1.807, 2.05) is 6.92 Å². The monoisotopic (exact) mass is 474 g/mol. The van der Waals surface area contributed by atoms with Gasteiger partial charge in [-0.25, -0.2) is 4.39 Å². The van der Waals surface area contributed by atoms with Crippen LogP contribution in [0.4, 0.5) is 10.1 Å². The highest BCUT2D eigenvalue weighted by Crippen LogP contribution is 2.38. The lowest BCUT2D eigenvalue weighted by Gasteiger charge is -2.26. The number of amides is 1. The number of non-ortho nitro benzene ring substituents is 1. The van der Waals surface area contributed by atoms with Gasteiger partial charge in [-0.15, -0.1) is 0 Å². The van der Waals surface area contributed by atoms with Gasteiger partial charge in [-0.2, -0.15) is 4.99 Å². The molecule has 10 heteroatoms. The van der Waals surface area contributed by atoms with Crippen LogP contribution in [0.1, 0.15) is 16.9 Å². The summed E-state index contributed by atoms with van der Waals surface area (Å²) in [5.74, 6) is -0.342. The van der Waals surface area contributed by atoms with Crippen molar-refractivity contribution in [3.8, 4) is 11.3 Å². The van der Waals surface area contributed by atoms with Crippen molar-refractivity contribution in [2.75, 3.05) is 0 Å². The summed E-state index contributed by atoms with van der Waals surface area (Å²) in [4.78, 5) is 28.9. The summed E-state index contributed by atoms with van der Waals surface area (Å²) in [6.45, 7) is 1.81. The Morgan fingerprint density at radius 1 is 1.18 bits per heavy atom. The van der Waals surface area contributed by atoms with Gasteiger partial charge in [-0.1, -0.05) is 17.8 Å². The quantitative estimate of drug-likeness (QED) is 0.299. The molecule has 2 aliphatic heterocycles. The number of furan rings is 1. The van der Waals surface area contributed by atoms with Gasteiger partial charge in [0.25, 0.3) is 11.6 Å². The van der Waals surface area contributed by atoms with E-state index in [4.69, 9.17) is 9.83 Å². The molecule has 0 atom stereocenters. The van der Waals surface area contributed by atoms with Crippen molar-refractivity contribution in [1.29, 1.82) is 5.41 Å². The number of aliphatic imine (C=N–C) groups is 1. The van der Waals surface area contributed by atoms with E-state index in [2.05, 4.69) is 4.99 Å². The molecule has 0 radical (unpaired) electrons. The number of nitro benzene ring substituents is 1. The summed E-state index contributed by atoms with van der Waals surface area (Å²) in [5, 5.41) is 21.9. The zero-order valence-corrected chi connectivity index (χ0v) is 18.4. The van der Waals surface area contributed by atoms with E-state index >= 15 is 0 Å². The third kappa shape index (κ3) is 3.73. The van der Waals surface area contributed by atoms with Gasteiger partial charge in [0.1, 0.15) is 23.2 Å². The molecule has 168 valence electrons. The van der Waals surface area contributed by atoms with Crippen LogP contribution >= 0.6 is 11.8 Å². The number of nitro groups is 1. The van der Waals surface area contributed by atoms with E-state index in [-0.39, 0.29) is 22.9 Å². The van der Waals surface area contributed by atoms with Crippen LogP contribution in [0, 0.1) is 28.3 Å². The van der Waals surface area contributed by atoms with Crippen LogP contribution in [0.15, 0.2) is 75.0 Å². The van der Waals surface area contributed by atoms with Crippen molar-refractivity contribution >= 4 is 46.1 Å². The van der Waals surface area contributed by atoms with Crippen molar-refractivity contribution in [3.63, 3.8) is 0 Å². The first kappa shape index (κ1) is 21.5. The van der Waals surface area contributed by atoms with E-state index in [0.717, 1.165) is 5.56 Å². The molecule has 1 amide bonds. The Bertz CT molecular complexity index is 1470. The molecule has 5 rings (SSSR count). The molecule has 0 bridgehead atoms. The van der Waals surface area contributed by atoms with Crippen molar-refractivity contribution in [3.05, 3.63) is 98.4 Å². The predicted molar refractivity (Wildman–Crippen MR) is 127 cm³/mol. The fourth-order valence-corrected chi connectivity index (χ4v) is 4.52. The van der Waals surface area contributed by atoms with E-state index in [9.17, 15) is 19.3 Å². The van der Waals surface area contributed by atoms with Gasteiger partial charge < -0.3 is 4.42 Å². The van der Waals surface area contributed by atoms with Gasteiger partial charge in [0.05, 0.1) is 16.2 Å². The maximum absolute atomic E-state index is 13.3. The highest BCUT2D eigenvalue weighted by Gasteiger charge is 2.36. The topological polar surface area (TPSA) is 113 Å². The van der Waals surface area contributed by atoms with Gasteiger partial charge in [0, 0.05) is 23.1 Å². The first-order valence-corrected chi connectivity index (χ1v) is 10.9. The second-order valence-corrected chi connectivity index (χ2v) is 8.36. The number of fused-ring (bicyclic) bond motifs is 1. The number of hydrogen-bond donors (Lipinski definition) is 1. The molecule has 0 saturated carbocycles. The lowest BCUT2D eigenvalue weighted by atomic mass is 10.1. The molecule has 0 aliphatic carbocycles. The van der Waals surface area contributed by atoms with E-state index in [1.54, 1.807) is 35.7 Å². The second kappa shape index (κ2) is 8.23. The first-order chi connectivity index (χ1) is 16.3. The van der Waals surface area contributed by atoms with Crippen molar-refractivity contribution in [2.45, 2.75) is 6.92 Å². The number of hydrogen-bond acceptors (Lipinski definition) is 6. The van der Waals surface area contributed by atoms with E-state index in [0.29, 0.717) is 33.5 Å². The summed E-state index contributed by atoms with van der Waals surface area (Å²) in [7, 11) is 0. The summed E-state index contributed by atoms with van der Waals surface area (Å²) in [6, 6.07) is 13.6. The Kier molecular flexibility index (Phi) is 5.21. The summed E-state index contributed by atoms with van der Waals surface area (Å²) < 4.78 is 19.2. The lowest BCUT2D eigenvalue weighted by Crippen LogP contribution is -2.38. The minimum atomic E-state index is -0.581. The molecule has 1 aromatic heterocycles. The normalized spacial score (nSPS) is 16.5. The van der Waals surface area contributed by atoms with Crippen molar-refractivity contribution in [1.82, 2.24) is 4.90 Å². The second-order valence-electron chi connectivity index (χ2n) is 7.53. The number of carbonyl (C=O) groups excluding carboxylic acids is 1. The molecular weight excluding hydrogens is 459 g/mol. The molecule has 0 saturated heterocycles. The van der Waals surface area contributed by atoms with Gasteiger partial charge >= 0.3 is 0 Å². The highest BCUT2D eigenvalue weighted by molar-refractivity contribution is 8.17. The number of amidine groups is 2. The van der Waals surface area contributed by atoms with Crippen LogP contribution in [0.2, 0.25) is 0 Å². The Balaban J connectivity index is 1.48. The lowest BCUT2D eigenvalue weighted by molar-refractivity contribution is -0.384. The molecule has 0 unspecified atom stereocenters.